The molecule has 0 N–H and O–H groups in total. The number of hydrogen-bond acceptors (Lipinski definition) is 3. The molecule has 0 unspecified atom stereocenters. The third kappa shape index (κ3) is 4.56. The smallest absolute Gasteiger partial charge is 0.225 e. The molecule has 0 radical (unpaired) electrons. The molecule has 2 fully saturated rings. The Labute approximate surface area is 168 Å². The molecule has 4 heteroatoms. The zero-order valence-electron chi connectivity index (χ0n) is 16.9. The molecule has 28 heavy (non-hydrogen) atoms. The quantitative estimate of drug-likeness (QED) is 0.815. The van der Waals surface area contributed by atoms with Gasteiger partial charge in [0.15, 0.2) is 0 Å². The van der Waals surface area contributed by atoms with E-state index in [0.29, 0.717) is 5.91 Å². The van der Waals surface area contributed by atoms with Crippen LogP contribution in [0.3, 0.4) is 0 Å². The van der Waals surface area contributed by atoms with Gasteiger partial charge in [-0.15, -0.1) is 0 Å². The lowest BCUT2D eigenvalue weighted by atomic mass is 9.94. The highest BCUT2D eigenvalue weighted by Gasteiger charge is 2.30. The van der Waals surface area contributed by atoms with Gasteiger partial charge in [-0.05, 0) is 50.6 Å². The van der Waals surface area contributed by atoms with Crippen molar-refractivity contribution in [3.05, 3.63) is 65.7 Å². The van der Waals surface area contributed by atoms with Crippen molar-refractivity contribution >= 4 is 11.6 Å². The lowest BCUT2D eigenvalue weighted by molar-refractivity contribution is -0.137. The van der Waals surface area contributed by atoms with E-state index in [9.17, 15) is 4.79 Å². The lowest BCUT2D eigenvalue weighted by Gasteiger charge is -2.39. The van der Waals surface area contributed by atoms with E-state index in [1.165, 1.54) is 16.8 Å². The molecule has 4 nitrogen and oxygen atoms in total. The predicted octanol–water partition coefficient (Wildman–Crippen LogP) is 3.56. The number of anilines is 1. The van der Waals surface area contributed by atoms with Crippen LogP contribution in [0.4, 0.5) is 5.69 Å². The zero-order chi connectivity index (χ0) is 19.3. The monoisotopic (exact) mass is 377 g/mol. The van der Waals surface area contributed by atoms with Crippen LogP contribution >= 0.6 is 0 Å². The SMILES string of the molecule is Cc1ccc(CN2CCC(C(=O)N3CCN(c4ccccc4)CC3)CC2)cc1. The molecule has 2 aromatic carbocycles. The molecule has 0 aromatic heterocycles. The maximum Gasteiger partial charge on any atom is 0.225 e. The van der Waals surface area contributed by atoms with Gasteiger partial charge >= 0.3 is 0 Å². The molecule has 2 aliphatic heterocycles. The number of benzene rings is 2. The number of rotatable bonds is 4. The molecule has 0 aliphatic carbocycles. The summed E-state index contributed by atoms with van der Waals surface area (Å²) in [6.45, 7) is 8.72. The molecule has 2 heterocycles. The Bertz CT molecular complexity index is 758. The number of likely N-dealkylation sites (tertiary alicyclic amines) is 1. The van der Waals surface area contributed by atoms with E-state index in [1.54, 1.807) is 0 Å². The van der Waals surface area contributed by atoms with E-state index in [0.717, 1.165) is 58.7 Å². The van der Waals surface area contributed by atoms with Crippen molar-refractivity contribution in [2.75, 3.05) is 44.2 Å². The summed E-state index contributed by atoms with van der Waals surface area (Å²) < 4.78 is 0. The minimum absolute atomic E-state index is 0.206. The van der Waals surface area contributed by atoms with E-state index < -0.39 is 0 Å². The molecule has 4 rings (SSSR count). The van der Waals surface area contributed by atoms with Crippen LogP contribution in [0.2, 0.25) is 0 Å². The van der Waals surface area contributed by atoms with Crippen molar-refractivity contribution in [1.82, 2.24) is 9.80 Å². The predicted molar refractivity (Wildman–Crippen MR) is 114 cm³/mol. The van der Waals surface area contributed by atoms with E-state index >= 15 is 0 Å². The average Bonchev–Trinajstić information content (AvgIpc) is 2.76. The van der Waals surface area contributed by atoms with Crippen molar-refractivity contribution in [3.8, 4) is 0 Å². The van der Waals surface area contributed by atoms with E-state index in [1.807, 2.05) is 0 Å². The number of carbonyl (C=O) groups excluding carboxylic acids is 1. The van der Waals surface area contributed by atoms with Crippen LogP contribution in [0.15, 0.2) is 54.6 Å². The van der Waals surface area contributed by atoms with Crippen LogP contribution in [0.5, 0.6) is 0 Å². The van der Waals surface area contributed by atoms with Gasteiger partial charge in [-0.2, -0.15) is 0 Å². The number of aryl methyl sites for hydroxylation is 1. The average molecular weight is 378 g/mol. The molecule has 148 valence electrons. The Hall–Kier alpha value is -2.33. The number of nitrogens with zero attached hydrogens (tertiary/aromatic N) is 3. The van der Waals surface area contributed by atoms with Gasteiger partial charge in [0.05, 0.1) is 0 Å². The van der Waals surface area contributed by atoms with Gasteiger partial charge in [-0.25, -0.2) is 0 Å². The third-order valence-corrected chi connectivity index (χ3v) is 6.18. The molecular weight excluding hydrogens is 346 g/mol. The summed E-state index contributed by atoms with van der Waals surface area (Å²) in [6, 6.07) is 19.3. The van der Waals surface area contributed by atoms with E-state index in [2.05, 4.69) is 76.2 Å². The van der Waals surface area contributed by atoms with Crippen LogP contribution in [0.1, 0.15) is 24.0 Å². The molecule has 0 atom stereocenters. The van der Waals surface area contributed by atoms with Crippen molar-refractivity contribution in [1.29, 1.82) is 0 Å². The van der Waals surface area contributed by atoms with Crippen LogP contribution in [0, 0.1) is 12.8 Å². The topological polar surface area (TPSA) is 26.8 Å². The first-order valence-electron chi connectivity index (χ1n) is 10.6. The highest BCUT2D eigenvalue weighted by Crippen LogP contribution is 2.23. The van der Waals surface area contributed by atoms with Crippen molar-refractivity contribution in [3.63, 3.8) is 0 Å². The number of para-hydroxylation sites is 1. The van der Waals surface area contributed by atoms with Gasteiger partial charge in [0, 0.05) is 44.3 Å². The minimum atomic E-state index is 0.206. The van der Waals surface area contributed by atoms with Crippen molar-refractivity contribution in [2.45, 2.75) is 26.3 Å². The summed E-state index contributed by atoms with van der Waals surface area (Å²) in [4.78, 5) is 20.0. The Morgan fingerprint density at radius 1 is 0.857 bits per heavy atom. The third-order valence-electron chi connectivity index (χ3n) is 6.18. The molecule has 0 saturated carbocycles. The fraction of sp³-hybridized carbons (Fsp3) is 0.458. The van der Waals surface area contributed by atoms with Gasteiger partial charge in [-0.1, -0.05) is 48.0 Å². The molecule has 0 bridgehead atoms. The lowest BCUT2D eigenvalue weighted by Crippen LogP contribution is -2.51. The molecule has 2 aliphatic rings. The first-order valence-corrected chi connectivity index (χ1v) is 10.6. The second kappa shape index (κ2) is 8.78. The van der Waals surface area contributed by atoms with Crippen LogP contribution in [-0.2, 0) is 11.3 Å². The van der Waals surface area contributed by atoms with Crippen LogP contribution in [-0.4, -0.2) is 55.0 Å². The Morgan fingerprint density at radius 2 is 1.50 bits per heavy atom. The molecule has 0 spiro atoms. The summed E-state index contributed by atoms with van der Waals surface area (Å²) in [6.07, 6.45) is 1.98. The normalized spacial score (nSPS) is 19.0. The minimum Gasteiger partial charge on any atom is -0.368 e. The first kappa shape index (κ1) is 19.0. The second-order valence-electron chi connectivity index (χ2n) is 8.18. The largest absolute Gasteiger partial charge is 0.368 e. The number of piperidine rings is 1. The summed E-state index contributed by atoms with van der Waals surface area (Å²) in [7, 11) is 0. The molecule has 2 aromatic rings. The number of carbonyl (C=O) groups is 1. The summed E-state index contributed by atoms with van der Waals surface area (Å²) in [5, 5.41) is 0. The fourth-order valence-electron chi connectivity index (χ4n) is 4.37. The number of piperazine rings is 1. The van der Waals surface area contributed by atoms with Gasteiger partial charge in [0.2, 0.25) is 5.91 Å². The fourth-order valence-corrected chi connectivity index (χ4v) is 4.37. The van der Waals surface area contributed by atoms with Gasteiger partial charge in [0.1, 0.15) is 0 Å². The standard InChI is InChI=1S/C24H31N3O/c1-20-7-9-21(10-8-20)19-25-13-11-22(12-14-25)24(28)27-17-15-26(16-18-27)23-5-3-2-4-6-23/h2-10,22H,11-19H2,1H3. The summed E-state index contributed by atoms with van der Waals surface area (Å²) in [5.74, 6) is 0.584. The number of hydrogen-bond donors (Lipinski definition) is 0. The zero-order valence-corrected chi connectivity index (χ0v) is 16.9. The molecular formula is C24H31N3O. The maximum absolute atomic E-state index is 13.0. The van der Waals surface area contributed by atoms with E-state index in [4.69, 9.17) is 0 Å². The maximum atomic E-state index is 13.0. The number of amides is 1. The highest BCUT2D eigenvalue weighted by molar-refractivity contribution is 5.79. The molecule has 1 amide bonds. The Morgan fingerprint density at radius 3 is 2.14 bits per heavy atom. The molecule has 2 saturated heterocycles. The van der Waals surface area contributed by atoms with Gasteiger partial charge in [-0.3, -0.25) is 9.69 Å². The Balaban J connectivity index is 1.24. The first-order chi connectivity index (χ1) is 13.7. The van der Waals surface area contributed by atoms with Crippen molar-refractivity contribution < 1.29 is 4.79 Å². The van der Waals surface area contributed by atoms with Gasteiger partial charge in [0.25, 0.3) is 0 Å². The Kier molecular flexibility index (Phi) is 5.96. The highest BCUT2D eigenvalue weighted by atomic mass is 16.2. The summed E-state index contributed by atoms with van der Waals surface area (Å²) >= 11 is 0. The van der Waals surface area contributed by atoms with Crippen LogP contribution in [0.25, 0.3) is 0 Å². The van der Waals surface area contributed by atoms with Crippen molar-refractivity contribution in [2.24, 2.45) is 5.92 Å². The van der Waals surface area contributed by atoms with Gasteiger partial charge < -0.3 is 9.80 Å². The summed E-state index contributed by atoms with van der Waals surface area (Å²) in [5.41, 5.74) is 3.94. The van der Waals surface area contributed by atoms with Crippen LogP contribution < -0.4 is 4.90 Å². The second-order valence-corrected chi connectivity index (χ2v) is 8.18. The van der Waals surface area contributed by atoms with E-state index in [-0.39, 0.29) is 5.92 Å².